The fourth-order valence-corrected chi connectivity index (χ4v) is 7.96. The molecule has 3 saturated heterocycles. The molecule has 0 aromatic heterocycles. The number of Topliss-reactive ketones (excluding diaryl/α,β-unsaturated/α-hetero) is 1. The van der Waals surface area contributed by atoms with Crippen LogP contribution in [0.3, 0.4) is 0 Å². The zero-order chi connectivity index (χ0) is 37.4. The van der Waals surface area contributed by atoms with Crippen molar-refractivity contribution in [2.45, 2.75) is 179 Å². The minimum absolute atomic E-state index is 0.0840. The summed E-state index contributed by atoms with van der Waals surface area (Å²) < 4.78 is 36.6. The third-order valence-corrected chi connectivity index (χ3v) is 11.2. The first-order valence-corrected chi connectivity index (χ1v) is 17.7. The molecular formula is C35H63NO13. The summed E-state index contributed by atoms with van der Waals surface area (Å²) in [7, 11) is 1.47. The van der Waals surface area contributed by atoms with Gasteiger partial charge in [-0.25, -0.2) is 0 Å². The van der Waals surface area contributed by atoms with Crippen molar-refractivity contribution in [2.24, 2.45) is 29.4 Å². The molecule has 0 aromatic carbocycles. The van der Waals surface area contributed by atoms with Gasteiger partial charge < -0.3 is 59.7 Å². The van der Waals surface area contributed by atoms with Crippen LogP contribution in [-0.2, 0) is 38.0 Å². The first kappa shape index (κ1) is 42.1. The van der Waals surface area contributed by atoms with E-state index in [1.54, 1.807) is 48.5 Å². The normalized spacial score (nSPS) is 51.2. The zero-order valence-electron chi connectivity index (χ0n) is 31.1. The van der Waals surface area contributed by atoms with Gasteiger partial charge in [0, 0.05) is 37.3 Å². The zero-order valence-corrected chi connectivity index (χ0v) is 31.1. The Morgan fingerprint density at radius 1 is 0.898 bits per heavy atom. The molecule has 14 nitrogen and oxygen atoms in total. The van der Waals surface area contributed by atoms with E-state index in [1.165, 1.54) is 27.9 Å². The number of aliphatic hydroxyl groups is 5. The molecule has 3 aliphatic heterocycles. The van der Waals surface area contributed by atoms with Gasteiger partial charge in [0.1, 0.15) is 29.7 Å². The number of methoxy groups -OCH3 is 1. The van der Waals surface area contributed by atoms with E-state index in [1.807, 2.05) is 0 Å². The van der Waals surface area contributed by atoms with Crippen molar-refractivity contribution in [3.05, 3.63) is 0 Å². The summed E-state index contributed by atoms with van der Waals surface area (Å²) in [6, 6.07) is -0.676. The van der Waals surface area contributed by atoms with E-state index in [9.17, 15) is 35.1 Å². The highest BCUT2D eigenvalue weighted by Crippen LogP contribution is 2.40. The Bertz CT molecular complexity index is 1120. The largest absolute Gasteiger partial charge is 0.459 e. The molecule has 0 amide bonds. The Kier molecular flexibility index (Phi) is 13.9. The molecular weight excluding hydrogens is 642 g/mol. The lowest BCUT2D eigenvalue weighted by Crippen LogP contribution is -2.61. The number of hydrogen-bond acceptors (Lipinski definition) is 14. The van der Waals surface area contributed by atoms with Crippen LogP contribution >= 0.6 is 0 Å². The molecule has 3 heterocycles. The lowest BCUT2D eigenvalue weighted by Gasteiger charge is -2.48. The van der Waals surface area contributed by atoms with Gasteiger partial charge in [-0.2, -0.15) is 0 Å². The van der Waals surface area contributed by atoms with E-state index in [4.69, 9.17) is 34.2 Å². The van der Waals surface area contributed by atoms with Gasteiger partial charge in [0.25, 0.3) is 0 Å². The highest BCUT2D eigenvalue weighted by atomic mass is 16.7. The molecule has 0 aromatic rings. The topological polar surface area (TPSA) is 217 Å². The van der Waals surface area contributed by atoms with Gasteiger partial charge in [0.05, 0.1) is 47.6 Å². The maximum Gasteiger partial charge on any atom is 0.311 e. The number of carbonyl (C=O) groups excluding carboxylic acids is 2. The Hall–Kier alpha value is -1.30. The van der Waals surface area contributed by atoms with E-state index < -0.39 is 114 Å². The van der Waals surface area contributed by atoms with Crippen LogP contribution in [0, 0.1) is 23.7 Å². The van der Waals surface area contributed by atoms with E-state index in [-0.39, 0.29) is 25.4 Å². The first-order valence-electron chi connectivity index (χ1n) is 17.7. The van der Waals surface area contributed by atoms with E-state index >= 15 is 0 Å². The van der Waals surface area contributed by atoms with E-state index in [2.05, 4.69) is 0 Å². The quantitative estimate of drug-likeness (QED) is 0.214. The van der Waals surface area contributed by atoms with Crippen molar-refractivity contribution in [2.75, 3.05) is 7.11 Å². The second-order valence-electron chi connectivity index (χ2n) is 15.6. The summed E-state index contributed by atoms with van der Waals surface area (Å²) in [5.41, 5.74) is 1.35. The van der Waals surface area contributed by atoms with Gasteiger partial charge in [0.2, 0.25) is 0 Å². The monoisotopic (exact) mass is 705 g/mol. The summed E-state index contributed by atoms with van der Waals surface area (Å²) in [5.74, 6) is -5.06. The average Bonchev–Trinajstić information content (AvgIpc) is 3.02. The summed E-state index contributed by atoms with van der Waals surface area (Å²) in [5, 5.41) is 56.9. The maximum atomic E-state index is 14.0. The minimum Gasteiger partial charge on any atom is -0.459 e. The molecule has 0 aliphatic carbocycles. The van der Waals surface area contributed by atoms with Crippen molar-refractivity contribution in [3.63, 3.8) is 0 Å². The first-order chi connectivity index (χ1) is 22.5. The van der Waals surface area contributed by atoms with Gasteiger partial charge >= 0.3 is 5.97 Å². The van der Waals surface area contributed by atoms with Gasteiger partial charge in [-0.3, -0.25) is 9.59 Å². The predicted molar refractivity (Wildman–Crippen MR) is 177 cm³/mol. The summed E-state index contributed by atoms with van der Waals surface area (Å²) >= 11 is 0. The smallest absolute Gasteiger partial charge is 0.311 e. The lowest BCUT2D eigenvalue weighted by atomic mass is 9.74. The molecule has 3 fully saturated rings. The fourth-order valence-electron chi connectivity index (χ4n) is 7.96. The highest BCUT2D eigenvalue weighted by molar-refractivity contribution is 5.83. The molecule has 49 heavy (non-hydrogen) atoms. The predicted octanol–water partition coefficient (Wildman–Crippen LogP) is 1.18. The third kappa shape index (κ3) is 9.02. The van der Waals surface area contributed by atoms with Crippen molar-refractivity contribution in [1.82, 2.24) is 0 Å². The van der Waals surface area contributed by atoms with E-state index in [0.29, 0.717) is 6.42 Å². The molecule has 286 valence electrons. The summed E-state index contributed by atoms with van der Waals surface area (Å²) in [6.07, 6.45) is -10.3. The molecule has 0 saturated carbocycles. The molecule has 0 radical (unpaired) electrons. The Balaban J connectivity index is 2.17. The number of ether oxygens (including phenoxy) is 6. The Morgan fingerprint density at radius 3 is 2.08 bits per heavy atom. The molecule has 0 unspecified atom stereocenters. The van der Waals surface area contributed by atoms with Crippen LogP contribution in [0.15, 0.2) is 0 Å². The van der Waals surface area contributed by atoms with Crippen LogP contribution in [0.1, 0.15) is 94.9 Å². The average molecular weight is 706 g/mol. The fraction of sp³-hybridized carbons (Fsp3) is 0.943. The van der Waals surface area contributed by atoms with Gasteiger partial charge in [0.15, 0.2) is 12.6 Å². The third-order valence-electron chi connectivity index (χ3n) is 11.2. The number of esters is 1. The van der Waals surface area contributed by atoms with Crippen LogP contribution in [0.5, 0.6) is 0 Å². The van der Waals surface area contributed by atoms with Crippen LogP contribution < -0.4 is 5.73 Å². The maximum absolute atomic E-state index is 14.0. The van der Waals surface area contributed by atoms with Gasteiger partial charge in [-0.05, 0) is 60.8 Å². The molecule has 0 bridgehead atoms. The Morgan fingerprint density at radius 2 is 1.51 bits per heavy atom. The van der Waals surface area contributed by atoms with Crippen LogP contribution in [0.2, 0.25) is 0 Å². The van der Waals surface area contributed by atoms with Crippen molar-refractivity contribution < 1.29 is 63.5 Å². The number of carbonyl (C=O) groups is 2. The van der Waals surface area contributed by atoms with Crippen LogP contribution in [0.25, 0.3) is 0 Å². The number of nitrogens with two attached hydrogens (primary N) is 1. The molecule has 0 spiro atoms. The minimum atomic E-state index is -2.00. The second kappa shape index (κ2) is 16.2. The van der Waals surface area contributed by atoms with Crippen molar-refractivity contribution >= 4 is 11.8 Å². The number of ketones is 1. The van der Waals surface area contributed by atoms with Crippen LogP contribution in [0.4, 0.5) is 0 Å². The molecule has 3 aliphatic rings. The standard InChI is InChI=1S/C35H63NO13/c1-12-23-35(10,43)28(39)18(4)25(37)16(2)14-33(8,42)30(49-32-26(38)22(36)13-17(3)45-32)19(5)27(20(6)31(41)47-23)48-24-15-34(9,44-11)29(40)21(7)46-24/h16-24,26-30,32,38-40,42-43H,12-15,36H2,1-11H3/t16-,17-,18-,19-,20+,21+,22+,23-,24+,26-,27+,28-,29+,30-,32+,33-,34-,35-/m0/s1. The lowest BCUT2D eigenvalue weighted by molar-refractivity contribution is -0.315. The van der Waals surface area contributed by atoms with Crippen molar-refractivity contribution in [3.8, 4) is 0 Å². The Labute approximate surface area is 290 Å². The summed E-state index contributed by atoms with van der Waals surface area (Å²) in [4.78, 5) is 27.7. The van der Waals surface area contributed by atoms with E-state index in [0.717, 1.165) is 0 Å². The molecule has 7 N–H and O–H groups in total. The van der Waals surface area contributed by atoms with Gasteiger partial charge in [-0.1, -0.05) is 27.7 Å². The highest BCUT2D eigenvalue weighted by Gasteiger charge is 2.53. The van der Waals surface area contributed by atoms with Crippen LogP contribution in [-0.4, -0.2) is 129 Å². The number of rotatable bonds is 6. The molecule has 18 atom stereocenters. The second-order valence-corrected chi connectivity index (χ2v) is 15.6. The van der Waals surface area contributed by atoms with Gasteiger partial charge in [-0.15, -0.1) is 0 Å². The molecule has 3 rings (SSSR count). The van der Waals surface area contributed by atoms with Crippen molar-refractivity contribution in [1.29, 1.82) is 0 Å². The summed E-state index contributed by atoms with van der Waals surface area (Å²) in [6.45, 7) is 16.1. The number of aliphatic hydroxyl groups excluding tert-OH is 3. The number of cyclic esters (lactones) is 1. The SMILES string of the molecule is CC[C@@H]1OC(=O)[C@H](C)[C@H](O[C@@H]2C[C@](C)(OC)[C@H](O)[C@@H](C)O2)[C@H](C)[C@H](O[C@H]2O[C@@H](C)C[C@@H](N)[C@@H]2O)[C@@](C)(O)C[C@H](C)C(=O)[C@H](C)[C@H](O)[C@@]1(C)O. The number of hydrogen-bond donors (Lipinski definition) is 6. The molecule has 14 heteroatoms.